The van der Waals surface area contributed by atoms with E-state index >= 15 is 0 Å². The molecule has 1 unspecified atom stereocenters. The number of fused-ring (bicyclic) bond motifs is 7. The van der Waals surface area contributed by atoms with E-state index in [2.05, 4.69) is 10.1 Å². The van der Waals surface area contributed by atoms with Gasteiger partial charge in [0.25, 0.3) is 5.69 Å². The van der Waals surface area contributed by atoms with Gasteiger partial charge in [-0.2, -0.15) is 0 Å². The molecule has 8 rings (SSSR count). The molecule has 12 nitrogen and oxygen atoms in total. The molecule has 6 aromatic rings. The van der Waals surface area contributed by atoms with Crippen LogP contribution in [-0.4, -0.2) is 31.3 Å². The quantitative estimate of drug-likeness (QED) is 0.176. The van der Waals surface area contributed by atoms with Crippen LogP contribution in [0.4, 0.5) is 5.69 Å². The Bertz CT molecular complexity index is 2090. The van der Waals surface area contributed by atoms with Crippen molar-refractivity contribution in [3.05, 3.63) is 110 Å². The fraction of sp³-hybridized carbons (Fsp3) is 0.0714. The number of benzene rings is 3. The molecule has 5 heterocycles. The molecular weight excluding hydrogens is 518 g/mol. The molecule has 40 heavy (non-hydrogen) atoms. The molecule has 0 spiro atoms. The second-order valence-corrected chi connectivity index (χ2v) is 9.22. The van der Waals surface area contributed by atoms with Gasteiger partial charge in [-0.3, -0.25) is 10.1 Å². The van der Waals surface area contributed by atoms with Crippen molar-refractivity contribution in [2.24, 2.45) is 0 Å². The number of nitro groups is 1. The van der Waals surface area contributed by atoms with E-state index in [4.69, 9.17) is 23.6 Å². The lowest BCUT2D eigenvalue weighted by Crippen LogP contribution is -2.23. The summed E-state index contributed by atoms with van der Waals surface area (Å²) in [6, 6.07) is 19.0. The van der Waals surface area contributed by atoms with Crippen LogP contribution in [0.15, 0.2) is 82.3 Å². The summed E-state index contributed by atoms with van der Waals surface area (Å²) >= 11 is 0. The minimum Gasteiger partial charge on any atom is -0.454 e. The molecule has 194 valence electrons. The van der Waals surface area contributed by atoms with Crippen LogP contribution >= 0.6 is 0 Å². The highest BCUT2D eigenvalue weighted by Crippen LogP contribution is 2.52. The van der Waals surface area contributed by atoms with E-state index in [1.54, 1.807) is 24.3 Å². The maximum absolute atomic E-state index is 13.6. The standard InChI is InChI=1S/C28H15N5O7/c34-28-22-21(16-10-19-20(38-13-37-19)11-17(16)33(35)36)23-26-30-25(14-6-2-1-3-7-14)31-32(26)12-29-27(23)40-24(22)15-8-4-5-9-18(15)39-28/h1-12,21H,13H2. The molecule has 0 bridgehead atoms. The van der Waals surface area contributed by atoms with Gasteiger partial charge in [0.2, 0.25) is 12.7 Å². The van der Waals surface area contributed by atoms with Crippen molar-refractivity contribution in [2.45, 2.75) is 5.92 Å². The first-order valence-electron chi connectivity index (χ1n) is 12.2. The van der Waals surface area contributed by atoms with Crippen LogP contribution in [0.1, 0.15) is 22.6 Å². The fourth-order valence-electron chi connectivity index (χ4n) is 5.29. The molecule has 0 radical (unpaired) electrons. The number of hydrogen-bond acceptors (Lipinski definition) is 10. The highest BCUT2D eigenvalue weighted by Gasteiger charge is 2.41. The first-order valence-corrected chi connectivity index (χ1v) is 12.2. The Morgan fingerprint density at radius 1 is 0.975 bits per heavy atom. The molecule has 2 aliphatic heterocycles. The molecule has 3 aromatic carbocycles. The minimum absolute atomic E-state index is 0.0762. The van der Waals surface area contributed by atoms with Crippen molar-refractivity contribution in [2.75, 3.05) is 6.79 Å². The number of nitrogens with zero attached hydrogens (tertiary/aromatic N) is 5. The first-order chi connectivity index (χ1) is 19.6. The molecule has 3 aromatic heterocycles. The molecule has 0 amide bonds. The van der Waals surface area contributed by atoms with Gasteiger partial charge >= 0.3 is 5.63 Å². The predicted octanol–water partition coefficient (Wildman–Crippen LogP) is 4.82. The van der Waals surface area contributed by atoms with E-state index in [-0.39, 0.29) is 41.0 Å². The zero-order valence-corrected chi connectivity index (χ0v) is 20.3. The van der Waals surface area contributed by atoms with Gasteiger partial charge in [-0.15, -0.1) is 5.10 Å². The van der Waals surface area contributed by atoms with Gasteiger partial charge in [-0.05, 0) is 18.2 Å². The monoisotopic (exact) mass is 533 g/mol. The third kappa shape index (κ3) is 3.13. The van der Waals surface area contributed by atoms with E-state index in [0.717, 1.165) is 5.56 Å². The van der Waals surface area contributed by atoms with Crippen molar-refractivity contribution in [1.82, 2.24) is 19.6 Å². The highest BCUT2D eigenvalue weighted by atomic mass is 16.7. The Balaban J connectivity index is 1.49. The number of para-hydroxylation sites is 1. The molecule has 0 aliphatic carbocycles. The van der Waals surface area contributed by atoms with Gasteiger partial charge in [0.05, 0.1) is 33.4 Å². The van der Waals surface area contributed by atoms with E-state index in [0.29, 0.717) is 33.8 Å². The molecule has 0 fully saturated rings. The molecule has 0 saturated carbocycles. The summed E-state index contributed by atoms with van der Waals surface area (Å²) in [7, 11) is 0. The smallest absolute Gasteiger partial charge is 0.344 e. The lowest BCUT2D eigenvalue weighted by atomic mass is 9.83. The summed E-state index contributed by atoms with van der Waals surface area (Å²) in [4.78, 5) is 34.7. The van der Waals surface area contributed by atoms with Crippen LogP contribution < -0.4 is 19.8 Å². The van der Waals surface area contributed by atoms with Crippen LogP contribution in [0.2, 0.25) is 0 Å². The largest absolute Gasteiger partial charge is 0.454 e. The Morgan fingerprint density at radius 3 is 2.58 bits per heavy atom. The summed E-state index contributed by atoms with van der Waals surface area (Å²) in [6.07, 6.45) is 1.46. The average Bonchev–Trinajstić information content (AvgIpc) is 3.63. The fourth-order valence-corrected chi connectivity index (χ4v) is 5.29. The minimum atomic E-state index is -1.06. The van der Waals surface area contributed by atoms with E-state index in [1.807, 2.05) is 30.3 Å². The van der Waals surface area contributed by atoms with Crippen LogP contribution in [0.3, 0.4) is 0 Å². The average molecular weight is 533 g/mol. The number of nitro benzene ring substituents is 1. The second kappa shape index (κ2) is 8.11. The van der Waals surface area contributed by atoms with E-state index in [1.165, 1.54) is 23.0 Å². The van der Waals surface area contributed by atoms with Gasteiger partial charge in [0.15, 0.2) is 28.7 Å². The predicted molar refractivity (Wildman–Crippen MR) is 139 cm³/mol. The van der Waals surface area contributed by atoms with Crippen molar-refractivity contribution in [3.8, 4) is 34.5 Å². The third-order valence-corrected chi connectivity index (χ3v) is 7.02. The van der Waals surface area contributed by atoms with Crippen LogP contribution in [-0.2, 0) is 0 Å². The Labute approximate surface area is 223 Å². The third-order valence-electron chi connectivity index (χ3n) is 7.02. The molecule has 0 saturated heterocycles. The molecular formula is C28H15N5O7. The van der Waals surface area contributed by atoms with Gasteiger partial charge < -0.3 is 18.6 Å². The van der Waals surface area contributed by atoms with Gasteiger partial charge in [0.1, 0.15) is 11.9 Å². The summed E-state index contributed by atoms with van der Waals surface area (Å²) in [5, 5.41) is 17.5. The summed E-state index contributed by atoms with van der Waals surface area (Å²) < 4.78 is 24.4. The Hall–Kier alpha value is -5.78. The zero-order valence-electron chi connectivity index (χ0n) is 20.3. The van der Waals surface area contributed by atoms with Crippen molar-refractivity contribution in [3.63, 3.8) is 0 Å². The number of aromatic nitrogens is 4. The summed E-state index contributed by atoms with van der Waals surface area (Å²) in [6.45, 7) is -0.0833. The lowest BCUT2D eigenvalue weighted by Gasteiger charge is -2.27. The van der Waals surface area contributed by atoms with Crippen LogP contribution in [0, 0.1) is 10.1 Å². The maximum atomic E-state index is 13.6. The van der Waals surface area contributed by atoms with Crippen LogP contribution in [0.25, 0.3) is 28.0 Å². The molecule has 12 heteroatoms. The lowest BCUT2D eigenvalue weighted by molar-refractivity contribution is -0.385. The molecule has 0 N–H and O–H groups in total. The SMILES string of the molecule is O=c1oc2ccccc2c2c1C(c1cc3c(cc1[N+](=O)[O-])OCO3)c1c(ncn3nc(-c4ccccc4)nc13)O2. The van der Waals surface area contributed by atoms with Gasteiger partial charge in [-0.25, -0.2) is 19.3 Å². The normalized spacial score (nSPS) is 15.1. The number of hydrogen-bond donors (Lipinski definition) is 0. The van der Waals surface area contributed by atoms with E-state index < -0.39 is 16.5 Å². The number of ether oxygens (including phenoxy) is 3. The van der Waals surface area contributed by atoms with Gasteiger partial charge in [-0.1, -0.05) is 42.5 Å². The first kappa shape index (κ1) is 22.2. The van der Waals surface area contributed by atoms with Crippen molar-refractivity contribution < 1.29 is 23.6 Å². The van der Waals surface area contributed by atoms with Crippen molar-refractivity contribution >= 4 is 22.3 Å². The summed E-state index contributed by atoms with van der Waals surface area (Å²) in [5.41, 5.74) is 0.977. The zero-order chi connectivity index (χ0) is 27.0. The number of rotatable bonds is 3. The Kier molecular flexibility index (Phi) is 4.50. The highest BCUT2D eigenvalue weighted by molar-refractivity contribution is 5.87. The van der Waals surface area contributed by atoms with Crippen LogP contribution in [0.5, 0.6) is 23.1 Å². The summed E-state index contributed by atoms with van der Waals surface area (Å²) in [5.74, 6) is 0.241. The van der Waals surface area contributed by atoms with Crippen molar-refractivity contribution in [1.29, 1.82) is 0 Å². The molecule has 2 aliphatic rings. The Morgan fingerprint density at radius 2 is 1.75 bits per heavy atom. The second-order valence-electron chi connectivity index (χ2n) is 9.22. The van der Waals surface area contributed by atoms with E-state index in [9.17, 15) is 14.9 Å². The van der Waals surface area contributed by atoms with Gasteiger partial charge in [0, 0.05) is 11.1 Å². The molecule has 1 atom stereocenters. The maximum Gasteiger partial charge on any atom is 0.344 e. The topological polar surface area (TPSA) is 144 Å².